The first-order chi connectivity index (χ1) is 13.2. The summed E-state index contributed by atoms with van der Waals surface area (Å²) in [7, 11) is 0. The molecule has 2 rings (SSSR count). The quantitative estimate of drug-likeness (QED) is 0.658. The summed E-state index contributed by atoms with van der Waals surface area (Å²) in [5.74, 6) is -0.222. The van der Waals surface area contributed by atoms with E-state index < -0.39 is 0 Å². The number of nitrogens with zero attached hydrogens (tertiary/aromatic N) is 1. The van der Waals surface area contributed by atoms with Gasteiger partial charge in [-0.3, -0.25) is 19.3 Å². The van der Waals surface area contributed by atoms with Crippen molar-refractivity contribution >= 4 is 29.1 Å². The third-order valence-electron chi connectivity index (χ3n) is 4.17. The summed E-state index contributed by atoms with van der Waals surface area (Å²) in [5.41, 5.74) is 1.24. The summed E-state index contributed by atoms with van der Waals surface area (Å²) in [6, 6.07) is 4.76. The number of carbonyl (C=O) groups is 3. The number of benzene rings is 1. The predicted molar refractivity (Wildman–Crippen MR) is 108 cm³/mol. The zero-order valence-electron chi connectivity index (χ0n) is 17.0. The van der Waals surface area contributed by atoms with E-state index in [1.165, 1.54) is 13.8 Å². The molecule has 8 heteroatoms. The highest BCUT2D eigenvalue weighted by molar-refractivity contribution is 5.99. The highest BCUT2D eigenvalue weighted by Gasteiger charge is 2.22. The van der Waals surface area contributed by atoms with Gasteiger partial charge in [0.05, 0.1) is 12.7 Å². The molecule has 0 aliphatic carbocycles. The Balaban J connectivity index is 2.02. The van der Waals surface area contributed by atoms with Crippen LogP contribution in [0.25, 0.3) is 0 Å². The van der Waals surface area contributed by atoms with Gasteiger partial charge >= 0.3 is 0 Å². The van der Waals surface area contributed by atoms with Crippen molar-refractivity contribution in [3.63, 3.8) is 0 Å². The third kappa shape index (κ3) is 7.28. The fourth-order valence-corrected chi connectivity index (χ4v) is 3.20. The molecule has 154 valence electrons. The van der Waals surface area contributed by atoms with Crippen LogP contribution in [-0.2, 0) is 14.3 Å². The fourth-order valence-electron chi connectivity index (χ4n) is 3.20. The van der Waals surface area contributed by atoms with Crippen molar-refractivity contribution in [1.29, 1.82) is 0 Å². The van der Waals surface area contributed by atoms with E-state index in [1.807, 2.05) is 0 Å². The van der Waals surface area contributed by atoms with Crippen LogP contribution >= 0.6 is 0 Å². The monoisotopic (exact) mass is 390 g/mol. The van der Waals surface area contributed by atoms with Crippen molar-refractivity contribution in [3.05, 3.63) is 23.8 Å². The Kier molecular flexibility index (Phi) is 7.95. The number of rotatable bonds is 7. The molecular weight excluding hydrogens is 360 g/mol. The number of hydrogen-bond donors (Lipinski definition) is 3. The molecule has 1 heterocycles. The number of amides is 3. The summed E-state index contributed by atoms with van der Waals surface area (Å²) in [6.45, 7) is 10.9. The minimum Gasteiger partial charge on any atom is -0.374 e. The Morgan fingerprint density at radius 2 is 1.71 bits per heavy atom. The van der Waals surface area contributed by atoms with Crippen LogP contribution in [0.3, 0.4) is 0 Å². The van der Waals surface area contributed by atoms with E-state index >= 15 is 0 Å². The van der Waals surface area contributed by atoms with Crippen LogP contribution in [0.4, 0.5) is 11.4 Å². The van der Waals surface area contributed by atoms with Gasteiger partial charge in [-0.2, -0.15) is 0 Å². The van der Waals surface area contributed by atoms with Crippen molar-refractivity contribution in [2.75, 3.05) is 43.4 Å². The number of nitrogens with one attached hydrogen (secondary N) is 3. The predicted octanol–water partition coefficient (Wildman–Crippen LogP) is 1.69. The Labute approximate surface area is 166 Å². The normalized spacial score (nSPS) is 17.2. The molecule has 3 amide bonds. The molecule has 0 radical (unpaired) electrons. The summed E-state index contributed by atoms with van der Waals surface area (Å²) in [5, 5.41) is 8.17. The van der Waals surface area contributed by atoms with Gasteiger partial charge in [0.1, 0.15) is 0 Å². The molecule has 0 saturated carbocycles. The smallest absolute Gasteiger partial charge is 0.251 e. The van der Waals surface area contributed by atoms with Crippen molar-refractivity contribution in [2.24, 2.45) is 5.92 Å². The first kappa shape index (κ1) is 21.8. The van der Waals surface area contributed by atoms with Crippen LogP contribution in [0.1, 0.15) is 38.1 Å². The second-order valence-corrected chi connectivity index (χ2v) is 7.52. The van der Waals surface area contributed by atoms with Gasteiger partial charge in [0.2, 0.25) is 11.8 Å². The Hall–Kier alpha value is -2.45. The number of carbonyl (C=O) groups excluding carboxylic acids is 3. The van der Waals surface area contributed by atoms with Gasteiger partial charge in [-0.1, -0.05) is 13.8 Å². The van der Waals surface area contributed by atoms with Crippen LogP contribution in [0.5, 0.6) is 0 Å². The lowest BCUT2D eigenvalue weighted by atomic mass is 10.1. The van der Waals surface area contributed by atoms with Crippen molar-refractivity contribution in [1.82, 2.24) is 10.2 Å². The SMILES string of the molecule is CC(=O)Nc1cc(NC(C)=O)cc(C(=O)NC[C@H]2CN(CC(C)C)CCO2)c1. The Morgan fingerprint density at radius 3 is 2.25 bits per heavy atom. The standard InChI is InChI=1S/C20H30N4O4/c1-13(2)11-24-5-6-28-19(12-24)10-21-20(27)16-7-17(22-14(3)25)9-18(8-16)23-15(4)26/h7-9,13,19H,5-6,10-12H2,1-4H3,(H,21,27)(H,22,25)(H,23,26)/t19-/m0/s1. The van der Waals surface area contributed by atoms with Crippen LogP contribution in [0.2, 0.25) is 0 Å². The molecule has 1 atom stereocenters. The second-order valence-electron chi connectivity index (χ2n) is 7.52. The minimum atomic E-state index is -0.289. The molecule has 1 aromatic rings. The van der Waals surface area contributed by atoms with E-state index in [9.17, 15) is 14.4 Å². The lowest BCUT2D eigenvalue weighted by Crippen LogP contribution is -2.48. The topological polar surface area (TPSA) is 99.8 Å². The van der Waals surface area contributed by atoms with Crippen molar-refractivity contribution < 1.29 is 19.1 Å². The van der Waals surface area contributed by atoms with E-state index in [0.29, 0.717) is 36.0 Å². The molecule has 1 aliphatic heterocycles. The minimum absolute atomic E-state index is 0.0650. The summed E-state index contributed by atoms with van der Waals surface area (Å²) >= 11 is 0. The molecule has 0 aromatic heterocycles. The molecule has 0 spiro atoms. The summed E-state index contributed by atoms with van der Waals surface area (Å²) in [6.07, 6.45) is -0.0650. The molecule has 0 bridgehead atoms. The van der Waals surface area contributed by atoms with Gasteiger partial charge < -0.3 is 20.7 Å². The van der Waals surface area contributed by atoms with E-state index in [-0.39, 0.29) is 23.8 Å². The highest BCUT2D eigenvalue weighted by atomic mass is 16.5. The number of hydrogen-bond acceptors (Lipinski definition) is 5. The maximum Gasteiger partial charge on any atom is 0.251 e. The average Bonchev–Trinajstić information content (AvgIpc) is 2.58. The molecule has 28 heavy (non-hydrogen) atoms. The van der Waals surface area contributed by atoms with E-state index in [4.69, 9.17) is 4.74 Å². The fraction of sp³-hybridized carbons (Fsp3) is 0.550. The average molecular weight is 390 g/mol. The Morgan fingerprint density at radius 1 is 1.11 bits per heavy atom. The maximum atomic E-state index is 12.6. The zero-order chi connectivity index (χ0) is 20.7. The Bertz CT molecular complexity index is 686. The van der Waals surface area contributed by atoms with Gasteiger partial charge in [-0.05, 0) is 24.1 Å². The van der Waals surface area contributed by atoms with Crippen molar-refractivity contribution in [3.8, 4) is 0 Å². The molecule has 1 aliphatic rings. The summed E-state index contributed by atoms with van der Waals surface area (Å²) in [4.78, 5) is 37.7. The van der Waals surface area contributed by atoms with Gasteiger partial charge in [0.15, 0.2) is 0 Å². The van der Waals surface area contributed by atoms with Crippen LogP contribution in [-0.4, -0.2) is 61.5 Å². The zero-order valence-corrected chi connectivity index (χ0v) is 17.0. The molecule has 0 unspecified atom stereocenters. The van der Waals surface area contributed by atoms with E-state index in [0.717, 1.165) is 19.6 Å². The largest absolute Gasteiger partial charge is 0.374 e. The number of anilines is 2. The first-order valence-electron chi connectivity index (χ1n) is 9.55. The highest BCUT2D eigenvalue weighted by Crippen LogP contribution is 2.19. The lowest BCUT2D eigenvalue weighted by molar-refractivity contribution is -0.115. The molecular formula is C20H30N4O4. The van der Waals surface area contributed by atoms with Gasteiger partial charge in [-0.15, -0.1) is 0 Å². The van der Waals surface area contributed by atoms with Gasteiger partial charge in [0.25, 0.3) is 5.91 Å². The van der Waals surface area contributed by atoms with Crippen LogP contribution in [0, 0.1) is 5.92 Å². The summed E-state index contributed by atoms with van der Waals surface area (Å²) < 4.78 is 5.76. The maximum absolute atomic E-state index is 12.6. The number of morpholine rings is 1. The number of ether oxygens (including phenoxy) is 1. The van der Waals surface area contributed by atoms with E-state index in [2.05, 4.69) is 34.7 Å². The van der Waals surface area contributed by atoms with Crippen molar-refractivity contribution in [2.45, 2.75) is 33.8 Å². The van der Waals surface area contributed by atoms with E-state index in [1.54, 1.807) is 18.2 Å². The third-order valence-corrected chi connectivity index (χ3v) is 4.17. The second kappa shape index (κ2) is 10.2. The van der Waals surface area contributed by atoms with Gasteiger partial charge in [0, 0.05) is 57.0 Å². The molecule has 1 fully saturated rings. The van der Waals surface area contributed by atoms with Crippen LogP contribution in [0.15, 0.2) is 18.2 Å². The first-order valence-corrected chi connectivity index (χ1v) is 9.55. The van der Waals surface area contributed by atoms with Gasteiger partial charge in [-0.25, -0.2) is 0 Å². The molecule has 1 saturated heterocycles. The molecule has 3 N–H and O–H groups in total. The molecule has 1 aromatic carbocycles. The molecule has 8 nitrogen and oxygen atoms in total. The van der Waals surface area contributed by atoms with Crippen LogP contribution < -0.4 is 16.0 Å². The lowest BCUT2D eigenvalue weighted by Gasteiger charge is -2.34.